The van der Waals surface area contributed by atoms with Crippen LogP contribution in [0, 0.1) is 5.92 Å². The van der Waals surface area contributed by atoms with Crippen LogP contribution >= 0.6 is 11.5 Å². The Morgan fingerprint density at radius 1 is 1.42 bits per heavy atom. The molecule has 0 radical (unpaired) electrons. The largest absolute Gasteiger partial charge is 0.382 e. The first-order valence-electron chi connectivity index (χ1n) is 6.35. The minimum absolute atomic E-state index is 0.122. The predicted molar refractivity (Wildman–Crippen MR) is 75.9 cm³/mol. The summed E-state index contributed by atoms with van der Waals surface area (Å²) in [6.07, 6.45) is 3.56. The number of aromatic nitrogens is 1. The molecule has 3 rings (SSSR count). The number of rotatable bonds is 3. The number of anilines is 2. The first-order chi connectivity index (χ1) is 8.91. The Kier molecular flexibility index (Phi) is 2.99. The Morgan fingerprint density at radius 2 is 2.16 bits per heavy atom. The quantitative estimate of drug-likeness (QED) is 0.900. The lowest BCUT2D eigenvalue weighted by molar-refractivity contribution is 0.519. The van der Waals surface area contributed by atoms with Gasteiger partial charge in [0.15, 0.2) is 10.7 Å². The highest BCUT2D eigenvalue weighted by molar-refractivity contribution is 7.89. The molecule has 1 saturated carbocycles. The van der Waals surface area contributed by atoms with Crippen LogP contribution in [0.3, 0.4) is 0 Å². The number of nitrogens with zero attached hydrogens (tertiary/aromatic N) is 3. The Bertz CT molecular complexity index is 596. The maximum atomic E-state index is 12.4. The molecule has 2 aliphatic rings. The molecular weight excluding hydrogens is 284 g/mol. The highest BCUT2D eigenvalue weighted by atomic mass is 32.2. The van der Waals surface area contributed by atoms with Crippen LogP contribution in [0.5, 0.6) is 0 Å². The number of hydrogen-bond acceptors (Lipinski definition) is 6. The van der Waals surface area contributed by atoms with Crippen molar-refractivity contribution in [1.82, 2.24) is 8.68 Å². The summed E-state index contributed by atoms with van der Waals surface area (Å²) in [6, 6.07) is 0.459. The molecule has 2 bridgehead atoms. The van der Waals surface area contributed by atoms with Crippen molar-refractivity contribution < 1.29 is 8.42 Å². The molecule has 1 saturated heterocycles. The molecule has 2 heterocycles. The second-order valence-electron chi connectivity index (χ2n) is 5.47. The van der Waals surface area contributed by atoms with Gasteiger partial charge >= 0.3 is 0 Å². The molecule has 8 heteroatoms. The lowest BCUT2D eigenvalue weighted by atomic mass is 10.1. The normalized spacial score (nSPS) is 26.6. The SMILES string of the molecule is CN(C)S(=O)(=O)c1c(N)nsc1N1CC2CCC1C2. The zero-order valence-electron chi connectivity index (χ0n) is 11.0. The van der Waals surface area contributed by atoms with Crippen LogP contribution in [-0.2, 0) is 10.0 Å². The number of piperidine rings is 1. The Hall–Kier alpha value is -0.860. The van der Waals surface area contributed by atoms with Gasteiger partial charge in [-0.15, -0.1) is 0 Å². The molecule has 1 aromatic rings. The van der Waals surface area contributed by atoms with E-state index in [-0.39, 0.29) is 10.7 Å². The van der Waals surface area contributed by atoms with Gasteiger partial charge in [0, 0.05) is 26.7 Å². The lowest BCUT2D eigenvalue weighted by Crippen LogP contribution is -2.33. The van der Waals surface area contributed by atoms with Crippen LogP contribution in [0.1, 0.15) is 19.3 Å². The van der Waals surface area contributed by atoms with Crippen molar-refractivity contribution in [3.63, 3.8) is 0 Å². The Morgan fingerprint density at radius 3 is 2.68 bits per heavy atom. The predicted octanol–water partition coefficient (Wildman–Crippen LogP) is 0.964. The van der Waals surface area contributed by atoms with Gasteiger partial charge in [-0.3, -0.25) is 0 Å². The topological polar surface area (TPSA) is 79.5 Å². The van der Waals surface area contributed by atoms with E-state index in [0.717, 1.165) is 18.0 Å². The maximum Gasteiger partial charge on any atom is 0.249 e. The fourth-order valence-electron chi connectivity index (χ4n) is 3.07. The minimum Gasteiger partial charge on any atom is -0.382 e. The van der Waals surface area contributed by atoms with Crippen molar-refractivity contribution in [1.29, 1.82) is 0 Å². The molecule has 2 unspecified atom stereocenters. The molecule has 0 spiro atoms. The van der Waals surface area contributed by atoms with Crippen molar-refractivity contribution in [2.24, 2.45) is 5.92 Å². The first-order valence-corrected chi connectivity index (χ1v) is 8.57. The van der Waals surface area contributed by atoms with E-state index in [1.807, 2.05) is 0 Å². The second kappa shape index (κ2) is 4.32. The first kappa shape index (κ1) is 13.1. The summed E-state index contributed by atoms with van der Waals surface area (Å²) in [7, 11) is -0.494. The number of hydrogen-bond donors (Lipinski definition) is 1. The van der Waals surface area contributed by atoms with E-state index >= 15 is 0 Å². The summed E-state index contributed by atoms with van der Waals surface area (Å²) in [4.78, 5) is 2.38. The molecule has 106 valence electrons. The molecule has 2 atom stereocenters. The van der Waals surface area contributed by atoms with Crippen molar-refractivity contribution in [3.8, 4) is 0 Å². The van der Waals surface area contributed by atoms with Crippen molar-refractivity contribution in [2.75, 3.05) is 31.3 Å². The van der Waals surface area contributed by atoms with Gasteiger partial charge in [0.2, 0.25) is 10.0 Å². The molecule has 1 aliphatic heterocycles. The van der Waals surface area contributed by atoms with E-state index in [1.165, 1.54) is 42.8 Å². The van der Waals surface area contributed by atoms with Gasteiger partial charge in [0.1, 0.15) is 5.00 Å². The Balaban J connectivity index is 2.05. The van der Waals surface area contributed by atoms with Crippen LogP contribution < -0.4 is 10.6 Å². The molecule has 6 nitrogen and oxygen atoms in total. The van der Waals surface area contributed by atoms with E-state index in [2.05, 4.69) is 9.27 Å². The molecule has 1 aromatic heterocycles. The average molecular weight is 302 g/mol. The van der Waals surface area contributed by atoms with Crippen molar-refractivity contribution >= 4 is 32.4 Å². The van der Waals surface area contributed by atoms with Crippen molar-refractivity contribution in [2.45, 2.75) is 30.2 Å². The van der Waals surface area contributed by atoms with E-state index in [1.54, 1.807) is 0 Å². The zero-order valence-corrected chi connectivity index (χ0v) is 12.7. The van der Waals surface area contributed by atoms with E-state index < -0.39 is 10.0 Å². The summed E-state index contributed by atoms with van der Waals surface area (Å²) in [5, 5.41) is 0.721. The summed E-state index contributed by atoms with van der Waals surface area (Å²) in [6.45, 7) is 0.933. The van der Waals surface area contributed by atoms with Crippen molar-refractivity contribution in [3.05, 3.63) is 0 Å². The molecule has 0 amide bonds. The third-order valence-electron chi connectivity index (χ3n) is 4.07. The van der Waals surface area contributed by atoms with Gasteiger partial charge in [-0.25, -0.2) is 12.7 Å². The monoisotopic (exact) mass is 302 g/mol. The summed E-state index contributed by atoms with van der Waals surface area (Å²) < 4.78 is 30.0. The fourth-order valence-corrected chi connectivity index (χ4v) is 5.36. The van der Waals surface area contributed by atoms with Crippen LogP contribution in [-0.4, -0.2) is 43.8 Å². The molecule has 2 fully saturated rings. The minimum atomic E-state index is -3.53. The van der Waals surface area contributed by atoms with Crippen LogP contribution in [0.15, 0.2) is 4.90 Å². The van der Waals surface area contributed by atoms with Crippen LogP contribution in [0.2, 0.25) is 0 Å². The standard InChI is InChI=1S/C11H18N4O2S2/c1-14(2)19(16,17)9-10(12)13-18-11(9)15-6-7-3-4-8(15)5-7/h7-8H,3-6H2,1-2H3,(H2,12,13). The van der Waals surface area contributed by atoms with E-state index in [4.69, 9.17) is 5.73 Å². The highest BCUT2D eigenvalue weighted by Crippen LogP contribution is 2.45. The molecule has 19 heavy (non-hydrogen) atoms. The molecule has 0 aromatic carbocycles. The summed E-state index contributed by atoms with van der Waals surface area (Å²) in [5.74, 6) is 0.819. The van der Waals surface area contributed by atoms with Gasteiger partial charge in [-0.2, -0.15) is 4.37 Å². The van der Waals surface area contributed by atoms with Gasteiger partial charge in [-0.05, 0) is 36.7 Å². The van der Waals surface area contributed by atoms with Crippen LogP contribution in [0.25, 0.3) is 0 Å². The maximum absolute atomic E-state index is 12.4. The third-order valence-corrected chi connectivity index (χ3v) is 6.97. The number of nitrogens with two attached hydrogens (primary N) is 1. The van der Waals surface area contributed by atoms with Gasteiger partial charge in [0.05, 0.1) is 0 Å². The van der Waals surface area contributed by atoms with E-state index in [9.17, 15) is 8.42 Å². The van der Waals surface area contributed by atoms with E-state index in [0.29, 0.717) is 12.0 Å². The van der Waals surface area contributed by atoms with Crippen LogP contribution in [0.4, 0.5) is 10.8 Å². The third kappa shape index (κ3) is 1.93. The smallest absolute Gasteiger partial charge is 0.249 e. The lowest BCUT2D eigenvalue weighted by Gasteiger charge is -2.28. The molecular formula is C11H18N4O2S2. The number of nitrogen functional groups attached to an aromatic ring is 1. The second-order valence-corrected chi connectivity index (χ2v) is 8.32. The number of sulfonamides is 1. The fraction of sp³-hybridized carbons (Fsp3) is 0.727. The summed E-state index contributed by atoms with van der Waals surface area (Å²) in [5.41, 5.74) is 5.80. The van der Waals surface area contributed by atoms with Gasteiger partial charge in [0.25, 0.3) is 0 Å². The Labute approximate surface area is 117 Å². The highest BCUT2D eigenvalue weighted by Gasteiger charge is 2.41. The number of fused-ring (bicyclic) bond motifs is 2. The molecule has 1 aliphatic carbocycles. The zero-order chi connectivity index (χ0) is 13.8. The van der Waals surface area contributed by atoms with Gasteiger partial charge in [-0.1, -0.05) is 0 Å². The average Bonchev–Trinajstić information content (AvgIpc) is 3.01. The van der Waals surface area contributed by atoms with Gasteiger partial charge < -0.3 is 10.6 Å². The molecule has 2 N–H and O–H groups in total. The summed E-state index contributed by atoms with van der Waals surface area (Å²) >= 11 is 1.20.